The van der Waals surface area contributed by atoms with E-state index < -0.39 is 24.6 Å². The Balaban J connectivity index is 2.54. The van der Waals surface area contributed by atoms with Crippen molar-refractivity contribution in [3.8, 4) is 0 Å². The summed E-state index contributed by atoms with van der Waals surface area (Å²) < 4.78 is 37.3. The number of nitrogens with zero attached hydrogens (tertiary/aromatic N) is 1. The van der Waals surface area contributed by atoms with Crippen LogP contribution in [-0.2, 0) is 4.79 Å². The van der Waals surface area contributed by atoms with Gasteiger partial charge in [0.25, 0.3) is 0 Å². The zero-order valence-electron chi connectivity index (χ0n) is 8.63. The lowest BCUT2D eigenvalue weighted by Gasteiger charge is -2.39. The molecule has 0 aromatic rings. The molecule has 1 heterocycles. The molecule has 0 saturated carbocycles. The number of hydrogen-bond acceptors (Lipinski definition) is 3. The van der Waals surface area contributed by atoms with E-state index in [1.807, 2.05) is 0 Å². The fourth-order valence-electron chi connectivity index (χ4n) is 1.66. The van der Waals surface area contributed by atoms with Gasteiger partial charge in [0.15, 0.2) is 5.60 Å². The molecule has 1 aliphatic heterocycles. The quantitative estimate of drug-likeness (QED) is 0.730. The van der Waals surface area contributed by atoms with E-state index in [2.05, 4.69) is 12.6 Å². The number of carbonyl (C=O) groups is 1. The molecular formula is C9H14F3NO2S. The van der Waals surface area contributed by atoms with E-state index >= 15 is 0 Å². The van der Waals surface area contributed by atoms with Crippen LogP contribution in [0.2, 0.25) is 0 Å². The first-order valence-corrected chi connectivity index (χ1v) is 5.61. The molecule has 1 fully saturated rings. The minimum atomic E-state index is -4.62. The lowest BCUT2D eigenvalue weighted by atomic mass is 9.90. The lowest BCUT2D eigenvalue weighted by Crippen LogP contribution is -2.54. The van der Waals surface area contributed by atoms with Crippen LogP contribution in [0.25, 0.3) is 0 Å². The monoisotopic (exact) mass is 257 g/mol. The molecule has 7 heteroatoms. The average molecular weight is 257 g/mol. The SMILES string of the molecule is O=C(CCS)N1CCC(O)(C(F)(F)F)CC1. The van der Waals surface area contributed by atoms with Crippen LogP contribution in [0.5, 0.6) is 0 Å². The second kappa shape index (κ2) is 4.83. The Morgan fingerprint density at radius 1 is 1.38 bits per heavy atom. The summed E-state index contributed by atoms with van der Waals surface area (Å²) in [4.78, 5) is 12.7. The van der Waals surface area contributed by atoms with Crippen molar-refractivity contribution in [3.63, 3.8) is 0 Å². The van der Waals surface area contributed by atoms with Gasteiger partial charge in [-0.25, -0.2) is 0 Å². The number of carbonyl (C=O) groups excluding carboxylic acids is 1. The van der Waals surface area contributed by atoms with E-state index in [4.69, 9.17) is 0 Å². The molecule has 0 atom stereocenters. The van der Waals surface area contributed by atoms with Gasteiger partial charge in [-0.15, -0.1) is 0 Å². The van der Waals surface area contributed by atoms with Gasteiger partial charge in [0, 0.05) is 32.4 Å². The van der Waals surface area contributed by atoms with Gasteiger partial charge in [0.05, 0.1) is 0 Å². The molecule has 1 saturated heterocycles. The predicted molar refractivity (Wildman–Crippen MR) is 55.3 cm³/mol. The number of thiol groups is 1. The Morgan fingerprint density at radius 2 is 1.88 bits per heavy atom. The van der Waals surface area contributed by atoms with Crippen molar-refractivity contribution in [1.29, 1.82) is 0 Å². The minimum absolute atomic E-state index is 0.0530. The molecular weight excluding hydrogens is 243 g/mol. The Hall–Kier alpha value is -0.430. The van der Waals surface area contributed by atoms with Gasteiger partial charge in [0.2, 0.25) is 5.91 Å². The van der Waals surface area contributed by atoms with Crippen LogP contribution in [0.4, 0.5) is 13.2 Å². The number of rotatable bonds is 2. The summed E-state index contributed by atoms with van der Waals surface area (Å²) in [5.41, 5.74) is -2.63. The van der Waals surface area contributed by atoms with E-state index in [0.717, 1.165) is 0 Å². The van der Waals surface area contributed by atoms with Crippen molar-refractivity contribution in [2.24, 2.45) is 0 Å². The van der Waals surface area contributed by atoms with E-state index in [1.165, 1.54) is 4.90 Å². The number of likely N-dealkylation sites (tertiary alicyclic amines) is 1. The molecule has 1 rings (SSSR count). The predicted octanol–water partition coefficient (Wildman–Crippen LogP) is 1.22. The fraction of sp³-hybridized carbons (Fsp3) is 0.889. The van der Waals surface area contributed by atoms with E-state index in [9.17, 15) is 23.1 Å². The maximum atomic E-state index is 12.4. The van der Waals surface area contributed by atoms with Gasteiger partial charge in [-0.2, -0.15) is 25.8 Å². The van der Waals surface area contributed by atoms with Gasteiger partial charge in [-0.1, -0.05) is 0 Å². The van der Waals surface area contributed by atoms with Crippen LogP contribution in [-0.4, -0.2) is 46.5 Å². The zero-order chi connectivity index (χ0) is 12.4. The van der Waals surface area contributed by atoms with Crippen LogP contribution in [0.15, 0.2) is 0 Å². The van der Waals surface area contributed by atoms with E-state index in [0.29, 0.717) is 5.75 Å². The summed E-state index contributed by atoms with van der Waals surface area (Å²) in [5.74, 6) is 0.165. The van der Waals surface area contributed by atoms with Gasteiger partial charge >= 0.3 is 6.18 Å². The largest absolute Gasteiger partial charge is 0.417 e. The zero-order valence-corrected chi connectivity index (χ0v) is 9.52. The van der Waals surface area contributed by atoms with Crippen LogP contribution in [0.1, 0.15) is 19.3 Å². The topological polar surface area (TPSA) is 40.5 Å². The molecule has 94 valence electrons. The highest BCUT2D eigenvalue weighted by Crippen LogP contribution is 2.38. The Bertz CT molecular complexity index is 262. The first kappa shape index (κ1) is 13.6. The molecule has 0 aliphatic carbocycles. The number of hydrogen-bond donors (Lipinski definition) is 2. The normalized spacial score (nSPS) is 20.9. The first-order valence-electron chi connectivity index (χ1n) is 4.98. The molecule has 1 amide bonds. The van der Waals surface area contributed by atoms with E-state index in [-0.39, 0.29) is 25.4 Å². The van der Waals surface area contributed by atoms with Crippen molar-refractivity contribution >= 4 is 18.5 Å². The molecule has 0 aromatic carbocycles. The highest BCUT2D eigenvalue weighted by Gasteiger charge is 2.54. The van der Waals surface area contributed by atoms with Crippen molar-refractivity contribution in [1.82, 2.24) is 4.90 Å². The summed E-state index contributed by atoms with van der Waals surface area (Å²) in [5, 5.41) is 9.36. The minimum Gasteiger partial charge on any atom is -0.380 e. The number of amides is 1. The van der Waals surface area contributed by atoms with Crippen LogP contribution in [0, 0.1) is 0 Å². The molecule has 1 N–H and O–H groups in total. The molecule has 0 aromatic heterocycles. The van der Waals surface area contributed by atoms with Crippen molar-refractivity contribution in [3.05, 3.63) is 0 Å². The van der Waals surface area contributed by atoms with E-state index in [1.54, 1.807) is 0 Å². The van der Waals surface area contributed by atoms with Gasteiger partial charge in [-0.3, -0.25) is 4.79 Å². The summed E-state index contributed by atoms with van der Waals surface area (Å²) in [6.45, 7) is -0.106. The van der Waals surface area contributed by atoms with Gasteiger partial charge < -0.3 is 10.0 Å². The Labute approximate surface area is 97.0 Å². The Morgan fingerprint density at radius 3 is 2.25 bits per heavy atom. The molecule has 0 spiro atoms. The van der Waals surface area contributed by atoms with Gasteiger partial charge in [0.1, 0.15) is 0 Å². The summed E-state index contributed by atoms with van der Waals surface area (Å²) in [7, 11) is 0. The molecule has 0 radical (unpaired) electrons. The second-order valence-electron chi connectivity index (χ2n) is 3.88. The number of halogens is 3. The number of aliphatic hydroxyl groups is 1. The fourth-order valence-corrected chi connectivity index (χ4v) is 1.85. The molecule has 3 nitrogen and oxygen atoms in total. The van der Waals surface area contributed by atoms with Crippen LogP contribution >= 0.6 is 12.6 Å². The highest BCUT2D eigenvalue weighted by atomic mass is 32.1. The summed E-state index contributed by atoms with van der Waals surface area (Å²) in [6.07, 6.45) is -5.30. The standard InChI is InChI=1S/C9H14F3NO2S/c10-9(11,12)8(15)2-4-13(5-3-8)7(14)1-6-16/h15-16H,1-6H2. The van der Waals surface area contributed by atoms with Gasteiger partial charge in [-0.05, 0) is 5.75 Å². The Kier molecular flexibility index (Phi) is 4.12. The van der Waals surface area contributed by atoms with Crippen molar-refractivity contribution in [2.45, 2.75) is 31.0 Å². The number of piperidine rings is 1. The first-order chi connectivity index (χ1) is 7.30. The van der Waals surface area contributed by atoms with Crippen molar-refractivity contribution < 1.29 is 23.1 Å². The van der Waals surface area contributed by atoms with Crippen LogP contribution in [0.3, 0.4) is 0 Å². The maximum Gasteiger partial charge on any atom is 0.417 e. The smallest absolute Gasteiger partial charge is 0.380 e. The van der Waals surface area contributed by atoms with Crippen LogP contribution < -0.4 is 0 Å². The third kappa shape index (κ3) is 2.82. The maximum absolute atomic E-state index is 12.4. The third-order valence-corrected chi connectivity index (χ3v) is 3.02. The van der Waals surface area contributed by atoms with Crippen molar-refractivity contribution in [2.75, 3.05) is 18.8 Å². The summed E-state index contributed by atoms with van der Waals surface area (Å²) >= 11 is 3.88. The molecule has 16 heavy (non-hydrogen) atoms. The third-order valence-electron chi connectivity index (χ3n) is 2.80. The average Bonchev–Trinajstić information content (AvgIpc) is 2.17. The second-order valence-corrected chi connectivity index (χ2v) is 4.33. The molecule has 1 aliphatic rings. The lowest BCUT2D eigenvalue weighted by molar-refractivity contribution is -0.272. The molecule has 0 bridgehead atoms. The number of alkyl halides is 3. The highest BCUT2D eigenvalue weighted by molar-refractivity contribution is 7.80. The molecule has 0 unspecified atom stereocenters. The summed E-state index contributed by atoms with van der Waals surface area (Å²) in [6, 6.07) is 0.